The van der Waals surface area contributed by atoms with Crippen LogP contribution in [0.2, 0.25) is 0 Å². The van der Waals surface area contributed by atoms with Crippen molar-refractivity contribution in [2.45, 2.75) is 69.5 Å². The number of aromatic nitrogens is 2. The highest BCUT2D eigenvalue weighted by Gasteiger charge is 2.27. The largest absolute Gasteiger partial charge is 0.495 e. The zero-order valence-corrected chi connectivity index (χ0v) is 21.4. The van der Waals surface area contributed by atoms with Crippen molar-refractivity contribution >= 4 is 34.4 Å². The highest BCUT2D eigenvalue weighted by molar-refractivity contribution is 7.99. The van der Waals surface area contributed by atoms with Gasteiger partial charge in [-0.25, -0.2) is 9.78 Å². The number of nitrogens with zero attached hydrogens (tertiary/aromatic N) is 2. The first-order valence-corrected chi connectivity index (χ1v) is 13.2. The van der Waals surface area contributed by atoms with E-state index in [0.29, 0.717) is 52.5 Å². The molecule has 2 fully saturated rings. The van der Waals surface area contributed by atoms with E-state index in [4.69, 9.17) is 14.5 Å². The van der Waals surface area contributed by atoms with Gasteiger partial charge in [0.1, 0.15) is 17.2 Å². The monoisotopic (exact) mass is 488 g/mol. The minimum atomic E-state index is -0.479. The summed E-state index contributed by atoms with van der Waals surface area (Å²) in [6.07, 6.45) is 5.38. The molecule has 1 aromatic heterocycles. The number of fused-ring (bicyclic) bond motifs is 1. The number of thioether (sulfide) groups is 1. The molecule has 2 heterocycles. The SMILES string of the molecule is COc1cc2c(=O)[nH]c(CSC3CCN(C(=O)OC(C)(C)C)CC3)nc2cc1NCC1CCC1. The third-order valence-corrected chi connectivity index (χ3v) is 7.81. The third-order valence-electron chi connectivity index (χ3n) is 6.43. The fourth-order valence-electron chi connectivity index (χ4n) is 4.27. The van der Waals surface area contributed by atoms with E-state index >= 15 is 0 Å². The minimum absolute atomic E-state index is 0.149. The summed E-state index contributed by atoms with van der Waals surface area (Å²) < 4.78 is 11.0. The average Bonchev–Trinajstić information content (AvgIpc) is 2.75. The maximum absolute atomic E-state index is 12.7. The molecule has 1 aliphatic heterocycles. The lowest BCUT2D eigenvalue weighted by atomic mass is 9.85. The first kappa shape index (κ1) is 24.7. The van der Waals surface area contributed by atoms with Gasteiger partial charge >= 0.3 is 6.09 Å². The van der Waals surface area contributed by atoms with Crippen LogP contribution in [0.4, 0.5) is 10.5 Å². The standard InChI is InChI=1S/C25H36N4O4S/c1-25(2,3)33-24(31)29-10-8-17(9-11-29)34-15-22-27-19-13-20(26-14-16-6-5-7-16)21(32-4)12-18(19)23(30)28-22/h12-13,16-17,26H,5-11,14-15H2,1-4H3,(H,27,28,30). The molecule has 0 atom stereocenters. The quantitative estimate of drug-likeness (QED) is 0.579. The molecule has 1 saturated heterocycles. The number of likely N-dealkylation sites (tertiary alicyclic amines) is 1. The number of carbonyl (C=O) groups excluding carboxylic acids is 1. The Labute approximate surface area is 205 Å². The van der Waals surface area contributed by atoms with Crippen molar-refractivity contribution in [3.05, 3.63) is 28.3 Å². The second-order valence-corrected chi connectivity index (χ2v) is 11.5. The number of hydrogen-bond acceptors (Lipinski definition) is 7. The van der Waals surface area contributed by atoms with Crippen molar-refractivity contribution in [1.82, 2.24) is 14.9 Å². The Morgan fingerprint density at radius 3 is 2.59 bits per heavy atom. The highest BCUT2D eigenvalue weighted by atomic mass is 32.2. The van der Waals surface area contributed by atoms with Crippen molar-refractivity contribution in [3.63, 3.8) is 0 Å². The van der Waals surface area contributed by atoms with Crippen LogP contribution in [-0.4, -0.2) is 58.6 Å². The normalized spacial score (nSPS) is 17.5. The smallest absolute Gasteiger partial charge is 0.410 e. The molecule has 1 aliphatic carbocycles. The van der Waals surface area contributed by atoms with E-state index in [1.54, 1.807) is 29.8 Å². The molecule has 2 N–H and O–H groups in total. The van der Waals surface area contributed by atoms with Crippen LogP contribution in [0.25, 0.3) is 10.9 Å². The number of aromatic amines is 1. The predicted octanol–water partition coefficient (Wildman–Crippen LogP) is 4.78. The number of piperidine rings is 1. The lowest BCUT2D eigenvalue weighted by Crippen LogP contribution is -2.42. The molecular formula is C25H36N4O4S. The molecule has 0 unspecified atom stereocenters. The summed E-state index contributed by atoms with van der Waals surface area (Å²) in [6, 6.07) is 3.70. The molecule has 0 bridgehead atoms. The second-order valence-electron chi connectivity index (χ2n) is 10.2. The lowest BCUT2D eigenvalue weighted by molar-refractivity contribution is 0.0219. The summed E-state index contributed by atoms with van der Waals surface area (Å²) in [5, 5.41) is 4.43. The Kier molecular flexibility index (Phi) is 7.60. The molecule has 0 spiro atoms. The number of benzene rings is 1. The van der Waals surface area contributed by atoms with Crippen molar-refractivity contribution in [2.75, 3.05) is 32.1 Å². The molecule has 1 aromatic carbocycles. The van der Waals surface area contributed by atoms with E-state index in [1.807, 2.05) is 26.8 Å². The van der Waals surface area contributed by atoms with Crippen LogP contribution in [0.15, 0.2) is 16.9 Å². The van der Waals surface area contributed by atoms with Gasteiger partial charge in [0.25, 0.3) is 5.56 Å². The minimum Gasteiger partial charge on any atom is -0.495 e. The summed E-state index contributed by atoms with van der Waals surface area (Å²) >= 11 is 1.78. The van der Waals surface area contributed by atoms with Gasteiger partial charge in [0.05, 0.1) is 29.5 Å². The molecule has 186 valence electrons. The summed E-state index contributed by atoms with van der Waals surface area (Å²) in [5.41, 5.74) is 0.931. The zero-order chi connectivity index (χ0) is 24.3. The van der Waals surface area contributed by atoms with Gasteiger partial charge in [-0.15, -0.1) is 0 Å². The van der Waals surface area contributed by atoms with E-state index in [1.165, 1.54) is 19.3 Å². The molecule has 2 aromatic rings. The number of methoxy groups -OCH3 is 1. The number of ether oxygens (including phenoxy) is 2. The molecule has 4 rings (SSSR count). The second kappa shape index (κ2) is 10.5. The van der Waals surface area contributed by atoms with E-state index in [-0.39, 0.29) is 11.7 Å². The number of carbonyl (C=O) groups is 1. The Hall–Kier alpha value is -2.42. The number of amides is 1. The Bertz CT molecular complexity index is 1070. The molecule has 9 heteroatoms. The maximum Gasteiger partial charge on any atom is 0.410 e. The first-order valence-electron chi connectivity index (χ1n) is 12.2. The van der Waals surface area contributed by atoms with Crippen molar-refractivity contribution in [3.8, 4) is 5.75 Å². The van der Waals surface area contributed by atoms with Crippen LogP contribution in [-0.2, 0) is 10.5 Å². The van der Waals surface area contributed by atoms with Gasteiger partial charge < -0.3 is 24.7 Å². The van der Waals surface area contributed by atoms with E-state index in [0.717, 1.165) is 25.1 Å². The van der Waals surface area contributed by atoms with Gasteiger partial charge in [-0.2, -0.15) is 11.8 Å². The molecule has 0 radical (unpaired) electrons. The summed E-state index contributed by atoms with van der Waals surface area (Å²) in [7, 11) is 1.62. The van der Waals surface area contributed by atoms with Crippen molar-refractivity contribution in [2.24, 2.45) is 5.92 Å². The molecule has 1 saturated carbocycles. The topological polar surface area (TPSA) is 96.6 Å². The van der Waals surface area contributed by atoms with Gasteiger partial charge in [0, 0.05) is 24.9 Å². The number of hydrogen-bond donors (Lipinski definition) is 2. The molecule has 34 heavy (non-hydrogen) atoms. The van der Waals surface area contributed by atoms with Gasteiger partial charge in [0.15, 0.2) is 0 Å². The third kappa shape index (κ3) is 6.17. The number of H-pyrrole nitrogens is 1. The van der Waals surface area contributed by atoms with Crippen molar-refractivity contribution < 1.29 is 14.3 Å². The van der Waals surface area contributed by atoms with Crippen LogP contribution in [0.3, 0.4) is 0 Å². The van der Waals surface area contributed by atoms with Gasteiger partial charge in [-0.05, 0) is 64.5 Å². The van der Waals surface area contributed by atoms with E-state index < -0.39 is 5.60 Å². The highest BCUT2D eigenvalue weighted by Crippen LogP contribution is 2.32. The summed E-state index contributed by atoms with van der Waals surface area (Å²) in [4.78, 5) is 34.5. The van der Waals surface area contributed by atoms with Crippen LogP contribution < -0.4 is 15.6 Å². The fourth-order valence-corrected chi connectivity index (χ4v) is 5.34. The van der Waals surface area contributed by atoms with Gasteiger partial charge in [0.2, 0.25) is 0 Å². The molecular weight excluding hydrogens is 452 g/mol. The number of nitrogens with one attached hydrogen (secondary N) is 2. The summed E-state index contributed by atoms with van der Waals surface area (Å²) in [5.74, 6) is 2.67. The first-order chi connectivity index (χ1) is 16.2. The Morgan fingerprint density at radius 1 is 1.24 bits per heavy atom. The van der Waals surface area contributed by atoms with E-state index in [9.17, 15) is 9.59 Å². The van der Waals surface area contributed by atoms with Crippen LogP contribution >= 0.6 is 11.8 Å². The number of rotatable bonds is 7. The number of anilines is 1. The predicted molar refractivity (Wildman–Crippen MR) is 137 cm³/mol. The molecule has 2 aliphatic rings. The van der Waals surface area contributed by atoms with Crippen LogP contribution in [0.5, 0.6) is 5.75 Å². The van der Waals surface area contributed by atoms with Gasteiger partial charge in [-0.1, -0.05) is 6.42 Å². The maximum atomic E-state index is 12.7. The van der Waals surface area contributed by atoms with Gasteiger partial charge in [-0.3, -0.25) is 4.79 Å². The average molecular weight is 489 g/mol. The lowest BCUT2D eigenvalue weighted by Gasteiger charge is -2.33. The van der Waals surface area contributed by atoms with E-state index in [2.05, 4.69) is 10.3 Å². The van der Waals surface area contributed by atoms with Crippen molar-refractivity contribution in [1.29, 1.82) is 0 Å². The fraction of sp³-hybridized carbons (Fsp3) is 0.640. The Morgan fingerprint density at radius 2 is 1.97 bits per heavy atom. The Balaban J connectivity index is 1.37. The van der Waals surface area contributed by atoms with Crippen LogP contribution in [0.1, 0.15) is 58.7 Å². The molecule has 8 nitrogen and oxygen atoms in total. The molecule has 1 amide bonds. The van der Waals surface area contributed by atoms with Crippen LogP contribution in [0, 0.1) is 5.92 Å². The summed E-state index contributed by atoms with van der Waals surface area (Å²) in [6.45, 7) is 7.93. The zero-order valence-electron chi connectivity index (χ0n) is 20.6.